The van der Waals surface area contributed by atoms with Crippen molar-refractivity contribution in [1.29, 1.82) is 0 Å². The van der Waals surface area contributed by atoms with Gasteiger partial charge in [0.1, 0.15) is 12.7 Å². The van der Waals surface area contributed by atoms with E-state index in [0.29, 0.717) is 6.54 Å². The molecule has 19 heavy (non-hydrogen) atoms. The minimum absolute atomic E-state index is 0.213. The molecule has 0 radical (unpaired) electrons. The van der Waals surface area contributed by atoms with Gasteiger partial charge < -0.3 is 10.4 Å². The van der Waals surface area contributed by atoms with Crippen molar-refractivity contribution in [2.75, 3.05) is 0 Å². The fourth-order valence-electron chi connectivity index (χ4n) is 1.40. The average Bonchev–Trinajstić information content (AvgIpc) is 2.78. The molecule has 0 saturated carbocycles. The van der Waals surface area contributed by atoms with E-state index in [9.17, 15) is 14.7 Å². The molecule has 0 saturated heterocycles. The fraction of sp³-hybridized carbons (Fsp3) is 0.667. The largest absolute Gasteiger partial charge is 0.481 e. The zero-order chi connectivity index (χ0) is 14.7. The predicted molar refractivity (Wildman–Crippen MR) is 68.3 cm³/mol. The molecule has 0 aliphatic heterocycles. The summed E-state index contributed by atoms with van der Waals surface area (Å²) in [5.74, 6) is -1.16. The number of carbonyl (C=O) groups is 2. The number of rotatable bonds is 6. The number of hydrogen-bond acceptors (Lipinski definition) is 4. The number of nitrogens with zero attached hydrogens (tertiary/aromatic N) is 3. The summed E-state index contributed by atoms with van der Waals surface area (Å²) in [7, 11) is 0. The summed E-state index contributed by atoms with van der Waals surface area (Å²) in [6, 6.07) is 0. The van der Waals surface area contributed by atoms with Crippen LogP contribution >= 0.6 is 0 Å². The third kappa shape index (κ3) is 3.52. The standard InChI is InChI=1S/C12H20N4O3/c1-11(2,10(18)19)12(3,4)15-9(17)5-6-16-8-13-7-14-16/h7-8H,5-6H2,1-4H3,(H,15,17)(H,18,19). The van der Waals surface area contributed by atoms with Crippen LogP contribution in [-0.2, 0) is 16.1 Å². The van der Waals surface area contributed by atoms with Gasteiger partial charge >= 0.3 is 5.97 Å². The van der Waals surface area contributed by atoms with Crippen molar-refractivity contribution < 1.29 is 14.7 Å². The second-order valence-corrected chi connectivity index (χ2v) is 5.51. The van der Waals surface area contributed by atoms with E-state index in [1.807, 2.05) is 0 Å². The lowest BCUT2D eigenvalue weighted by Crippen LogP contribution is -2.57. The summed E-state index contributed by atoms with van der Waals surface area (Å²) in [6.07, 6.45) is 3.15. The van der Waals surface area contributed by atoms with Crippen LogP contribution in [0.15, 0.2) is 12.7 Å². The van der Waals surface area contributed by atoms with Crippen LogP contribution in [0, 0.1) is 5.41 Å². The van der Waals surface area contributed by atoms with Crippen LogP contribution in [0.25, 0.3) is 0 Å². The molecule has 1 aromatic heterocycles. The second kappa shape index (κ2) is 5.38. The van der Waals surface area contributed by atoms with E-state index in [-0.39, 0.29) is 12.3 Å². The van der Waals surface area contributed by atoms with Crippen LogP contribution in [0.4, 0.5) is 0 Å². The molecular weight excluding hydrogens is 248 g/mol. The van der Waals surface area contributed by atoms with Gasteiger partial charge in [0.25, 0.3) is 0 Å². The first kappa shape index (κ1) is 15.1. The monoisotopic (exact) mass is 268 g/mol. The van der Waals surface area contributed by atoms with Crippen molar-refractivity contribution in [2.45, 2.75) is 46.2 Å². The van der Waals surface area contributed by atoms with Crippen molar-refractivity contribution in [1.82, 2.24) is 20.1 Å². The molecule has 1 heterocycles. The van der Waals surface area contributed by atoms with Crippen LogP contribution < -0.4 is 5.32 Å². The maximum Gasteiger partial charge on any atom is 0.311 e. The third-order valence-electron chi connectivity index (χ3n) is 3.58. The lowest BCUT2D eigenvalue weighted by Gasteiger charge is -2.38. The number of carboxylic acids is 1. The Kier molecular flexibility index (Phi) is 4.28. The molecule has 0 unspecified atom stereocenters. The van der Waals surface area contributed by atoms with Gasteiger partial charge in [-0.25, -0.2) is 4.98 Å². The van der Waals surface area contributed by atoms with Gasteiger partial charge in [-0.2, -0.15) is 5.10 Å². The SMILES string of the molecule is CC(C)(NC(=O)CCn1cncn1)C(C)(C)C(=O)O. The zero-order valence-corrected chi connectivity index (χ0v) is 11.7. The Balaban J connectivity index is 2.58. The van der Waals surface area contributed by atoms with Gasteiger partial charge in [-0.3, -0.25) is 14.3 Å². The highest BCUT2D eigenvalue weighted by Crippen LogP contribution is 2.30. The highest BCUT2D eigenvalue weighted by Gasteiger charge is 2.44. The number of nitrogens with one attached hydrogen (secondary N) is 1. The van der Waals surface area contributed by atoms with Crippen molar-refractivity contribution in [3.63, 3.8) is 0 Å². The van der Waals surface area contributed by atoms with E-state index in [0.717, 1.165) is 0 Å². The summed E-state index contributed by atoms with van der Waals surface area (Å²) < 4.78 is 1.55. The minimum Gasteiger partial charge on any atom is -0.481 e. The predicted octanol–water partition coefficient (Wildman–Crippen LogP) is 0.674. The molecule has 7 heteroatoms. The zero-order valence-electron chi connectivity index (χ0n) is 11.7. The van der Waals surface area contributed by atoms with Gasteiger partial charge in [0.05, 0.1) is 12.0 Å². The molecule has 7 nitrogen and oxygen atoms in total. The molecule has 1 rings (SSSR count). The summed E-state index contributed by atoms with van der Waals surface area (Å²) in [6.45, 7) is 7.00. The topological polar surface area (TPSA) is 97.1 Å². The summed E-state index contributed by atoms with van der Waals surface area (Å²) >= 11 is 0. The Morgan fingerprint density at radius 3 is 2.42 bits per heavy atom. The fourth-order valence-corrected chi connectivity index (χ4v) is 1.40. The molecule has 0 spiro atoms. The quantitative estimate of drug-likeness (QED) is 0.790. The number of carboxylic acid groups (broad SMARTS) is 1. The van der Waals surface area contributed by atoms with Gasteiger partial charge in [0.2, 0.25) is 5.91 Å². The first-order valence-corrected chi connectivity index (χ1v) is 6.03. The first-order valence-electron chi connectivity index (χ1n) is 6.03. The number of amides is 1. The Bertz CT molecular complexity index is 452. The van der Waals surface area contributed by atoms with Crippen molar-refractivity contribution in [3.8, 4) is 0 Å². The second-order valence-electron chi connectivity index (χ2n) is 5.51. The van der Waals surface area contributed by atoms with Crippen LogP contribution in [0.3, 0.4) is 0 Å². The van der Waals surface area contributed by atoms with E-state index >= 15 is 0 Å². The van der Waals surface area contributed by atoms with E-state index in [2.05, 4.69) is 15.4 Å². The van der Waals surface area contributed by atoms with E-state index in [4.69, 9.17) is 0 Å². The summed E-state index contributed by atoms with van der Waals surface area (Å²) in [4.78, 5) is 26.9. The molecule has 0 fully saturated rings. The lowest BCUT2D eigenvalue weighted by molar-refractivity contribution is -0.151. The molecule has 1 aromatic rings. The van der Waals surface area contributed by atoms with E-state index in [1.165, 1.54) is 12.7 Å². The Labute approximate surface area is 112 Å². The number of carbonyl (C=O) groups excluding carboxylic acids is 1. The molecule has 0 atom stereocenters. The average molecular weight is 268 g/mol. The van der Waals surface area contributed by atoms with Gasteiger partial charge in [-0.15, -0.1) is 0 Å². The minimum atomic E-state index is -1.06. The maximum absolute atomic E-state index is 11.9. The first-order chi connectivity index (χ1) is 8.67. The number of hydrogen-bond donors (Lipinski definition) is 2. The lowest BCUT2D eigenvalue weighted by atomic mass is 9.74. The van der Waals surface area contributed by atoms with Crippen LogP contribution in [0.5, 0.6) is 0 Å². The Hall–Kier alpha value is -1.92. The van der Waals surface area contributed by atoms with E-state index < -0.39 is 16.9 Å². The van der Waals surface area contributed by atoms with Gasteiger partial charge in [-0.05, 0) is 27.7 Å². The summed E-state index contributed by atoms with van der Waals surface area (Å²) in [5.41, 5.74) is -1.91. The maximum atomic E-state index is 11.9. The molecule has 1 amide bonds. The molecule has 0 aliphatic rings. The van der Waals surface area contributed by atoms with Crippen molar-refractivity contribution >= 4 is 11.9 Å². The molecule has 0 bridgehead atoms. The number of aryl methyl sites for hydroxylation is 1. The Morgan fingerprint density at radius 2 is 1.95 bits per heavy atom. The normalized spacial score (nSPS) is 12.2. The Morgan fingerprint density at radius 1 is 1.32 bits per heavy atom. The van der Waals surface area contributed by atoms with Crippen molar-refractivity contribution in [3.05, 3.63) is 12.7 Å². The third-order valence-corrected chi connectivity index (χ3v) is 3.58. The number of aromatic nitrogens is 3. The van der Waals surface area contributed by atoms with E-state index in [1.54, 1.807) is 32.4 Å². The molecule has 0 aliphatic carbocycles. The van der Waals surface area contributed by atoms with Gasteiger partial charge in [0.15, 0.2) is 0 Å². The van der Waals surface area contributed by atoms with Gasteiger partial charge in [0, 0.05) is 12.0 Å². The molecule has 0 aromatic carbocycles. The smallest absolute Gasteiger partial charge is 0.311 e. The van der Waals surface area contributed by atoms with Crippen molar-refractivity contribution in [2.24, 2.45) is 5.41 Å². The van der Waals surface area contributed by atoms with Gasteiger partial charge in [-0.1, -0.05) is 0 Å². The van der Waals surface area contributed by atoms with Crippen LogP contribution in [-0.4, -0.2) is 37.3 Å². The molecule has 2 N–H and O–H groups in total. The van der Waals surface area contributed by atoms with Crippen LogP contribution in [0.2, 0.25) is 0 Å². The summed E-state index contributed by atoms with van der Waals surface area (Å²) in [5, 5.41) is 15.8. The van der Waals surface area contributed by atoms with Crippen LogP contribution in [0.1, 0.15) is 34.1 Å². The molecular formula is C12H20N4O3. The highest BCUT2D eigenvalue weighted by atomic mass is 16.4. The molecule has 106 valence electrons. The highest BCUT2D eigenvalue weighted by molar-refractivity contribution is 5.80. The number of aliphatic carboxylic acids is 1.